The third kappa shape index (κ3) is 5.59. The monoisotopic (exact) mass is 504 g/mol. The zero-order valence-electron chi connectivity index (χ0n) is 18.6. The maximum absolute atomic E-state index is 12.9. The van der Waals surface area contributed by atoms with Crippen molar-refractivity contribution in [3.05, 3.63) is 110 Å². The van der Waals surface area contributed by atoms with Crippen molar-refractivity contribution in [2.75, 3.05) is 0 Å². The fraction of sp³-hybridized carbons (Fsp3) is 0.0741. The van der Waals surface area contributed by atoms with Gasteiger partial charge in [-0.3, -0.25) is 9.59 Å². The van der Waals surface area contributed by atoms with Crippen molar-refractivity contribution < 1.29 is 19.5 Å². The second-order valence-electron chi connectivity index (χ2n) is 7.79. The third-order valence-corrected chi connectivity index (χ3v) is 6.55. The first-order valence-electron chi connectivity index (χ1n) is 10.7. The summed E-state index contributed by atoms with van der Waals surface area (Å²) in [5.74, 6) is -2.30. The minimum absolute atomic E-state index is 0.0360. The summed E-state index contributed by atoms with van der Waals surface area (Å²) in [4.78, 5) is 37.8. The summed E-state index contributed by atoms with van der Waals surface area (Å²) in [6.07, 6.45) is 1.37. The smallest absolute Gasteiger partial charge is 0.352 e. The second kappa shape index (κ2) is 10.5. The van der Waals surface area contributed by atoms with Crippen LogP contribution in [-0.2, 0) is 4.79 Å². The number of rotatable bonds is 7. The van der Waals surface area contributed by atoms with Gasteiger partial charge in [-0.05, 0) is 59.0 Å². The predicted octanol–water partition coefficient (Wildman–Crippen LogP) is 5.90. The summed E-state index contributed by atoms with van der Waals surface area (Å²) in [6.45, 7) is 1.90. The molecule has 1 atom stereocenters. The maximum Gasteiger partial charge on any atom is 0.352 e. The molecule has 0 saturated carbocycles. The molecule has 0 unspecified atom stereocenters. The number of carboxylic acids is 1. The molecule has 1 heterocycles. The van der Waals surface area contributed by atoms with Crippen LogP contribution in [0, 0.1) is 0 Å². The third-order valence-electron chi connectivity index (χ3n) is 5.42. The SMILES string of the molecule is C[C@@H](NC(=O)c1ccc(C(=O)N/C(=C\c2cccs2)C(=O)O)c(Cl)c1)c1cccc2ccccc12. The summed E-state index contributed by atoms with van der Waals surface area (Å²) in [7, 11) is 0. The van der Waals surface area contributed by atoms with E-state index in [4.69, 9.17) is 11.6 Å². The first-order valence-corrected chi connectivity index (χ1v) is 12.0. The van der Waals surface area contributed by atoms with Gasteiger partial charge < -0.3 is 15.7 Å². The molecule has 0 aliphatic heterocycles. The lowest BCUT2D eigenvalue weighted by Gasteiger charge is -2.17. The van der Waals surface area contributed by atoms with E-state index in [2.05, 4.69) is 10.6 Å². The van der Waals surface area contributed by atoms with E-state index in [-0.39, 0.29) is 33.8 Å². The summed E-state index contributed by atoms with van der Waals surface area (Å²) < 4.78 is 0. The molecule has 0 saturated heterocycles. The number of hydrogen-bond acceptors (Lipinski definition) is 4. The Morgan fingerprint density at radius 1 is 0.971 bits per heavy atom. The molecular weight excluding hydrogens is 484 g/mol. The van der Waals surface area contributed by atoms with E-state index in [9.17, 15) is 19.5 Å². The van der Waals surface area contributed by atoms with Gasteiger partial charge in [-0.15, -0.1) is 11.3 Å². The fourth-order valence-electron chi connectivity index (χ4n) is 3.68. The van der Waals surface area contributed by atoms with Crippen molar-refractivity contribution in [3.63, 3.8) is 0 Å². The molecule has 0 fully saturated rings. The Kier molecular flexibility index (Phi) is 7.29. The standard InChI is InChI=1S/C27H21ClN2O4S/c1-16(20-10-4-7-17-6-2-3-9-21(17)20)29-25(31)18-11-12-22(23(28)14-18)26(32)30-24(27(33)34)15-19-8-5-13-35-19/h2-16H,1H3,(H,29,31)(H,30,32)(H,33,34)/b24-15-/t16-/m1/s1. The number of carboxylic acid groups (broad SMARTS) is 1. The maximum atomic E-state index is 12.9. The minimum atomic E-state index is -1.28. The predicted molar refractivity (Wildman–Crippen MR) is 139 cm³/mol. The number of amides is 2. The molecular formula is C27H21ClN2O4S. The van der Waals surface area contributed by atoms with Crippen LogP contribution in [0.3, 0.4) is 0 Å². The van der Waals surface area contributed by atoms with Crippen molar-refractivity contribution >= 4 is 57.6 Å². The van der Waals surface area contributed by atoms with E-state index in [0.717, 1.165) is 16.3 Å². The van der Waals surface area contributed by atoms with Crippen LogP contribution in [0.25, 0.3) is 16.8 Å². The van der Waals surface area contributed by atoms with Crippen molar-refractivity contribution in [2.24, 2.45) is 0 Å². The highest BCUT2D eigenvalue weighted by Gasteiger charge is 2.19. The Hall–Kier alpha value is -3.94. The summed E-state index contributed by atoms with van der Waals surface area (Å²) in [5.41, 5.74) is 1.05. The van der Waals surface area contributed by atoms with Crippen LogP contribution in [-0.4, -0.2) is 22.9 Å². The molecule has 35 heavy (non-hydrogen) atoms. The Morgan fingerprint density at radius 3 is 2.46 bits per heavy atom. The van der Waals surface area contributed by atoms with Gasteiger partial charge in [-0.2, -0.15) is 0 Å². The molecule has 0 bridgehead atoms. The van der Waals surface area contributed by atoms with Crippen LogP contribution < -0.4 is 10.6 Å². The number of fused-ring (bicyclic) bond motifs is 1. The van der Waals surface area contributed by atoms with E-state index in [0.29, 0.717) is 4.88 Å². The van der Waals surface area contributed by atoms with Crippen LogP contribution >= 0.6 is 22.9 Å². The van der Waals surface area contributed by atoms with Gasteiger partial charge in [0.25, 0.3) is 11.8 Å². The Bertz CT molecular complexity index is 1440. The molecule has 4 aromatic rings. The Labute approximate surface area is 210 Å². The van der Waals surface area contributed by atoms with Crippen LogP contribution in [0.5, 0.6) is 0 Å². The molecule has 8 heteroatoms. The normalized spacial score (nSPS) is 12.2. The molecule has 3 aromatic carbocycles. The molecule has 1 aromatic heterocycles. The zero-order chi connectivity index (χ0) is 24.9. The van der Waals surface area contributed by atoms with Crippen molar-refractivity contribution in [3.8, 4) is 0 Å². The van der Waals surface area contributed by atoms with E-state index in [1.54, 1.807) is 17.5 Å². The quantitative estimate of drug-likeness (QED) is 0.273. The van der Waals surface area contributed by atoms with E-state index in [1.165, 1.54) is 35.6 Å². The number of thiophene rings is 1. The average molecular weight is 505 g/mol. The fourth-order valence-corrected chi connectivity index (χ4v) is 4.61. The van der Waals surface area contributed by atoms with Crippen LogP contribution in [0.1, 0.15) is 44.1 Å². The Balaban J connectivity index is 1.49. The lowest BCUT2D eigenvalue weighted by molar-refractivity contribution is -0.132. The topological polar surface area (TPSA) is 95.5 Å². The van der Waals surface area contributed by atoms with Crippen molar-refractivity contribution in [2.45, 2.75) is 13.0 Å². The number of carbonyl (C=O) groups excluding carboxylic acids is 2. The number of hydrogen-bond donors (Lipinski definition) is 3. The van der Waals surface area contributed by atoms with Gasteiger partial charge in [-0.1, -0.05) is 60.1 Å². The van der Waals surface area contributed by atoms with Crippen LogP contribution in [0.2, 0.25) is 5.02 Å². The van der Waals surface area contributed by atoms with Crippen LogP contribution in [0.4, 0.5) is 0 Å². The average Bonchev–Trinajstić information content (AvgIpc) is 3.36. The van der Waals surface area contributed by atoms with Gasteiger partial charge in [-0.25, -0.2) is 4.79 Å². The number of nitrogens with one attached hydrogen (secondary N) is 2. The van der Waals surface area contributed by atoms with Gasteiger partial charge in [0.05, 0.1) is 16.6 Å². The van der Waals surface area contributed by atoms with Crippen molar-refractivity contribution in [1.82, 2.24) is 10.6 Å². The van der Waals surface area contributed by atoms with Gasteiger partial charge >= 0.3 is 5.97 Å². The van der Waals surface area contributed by atoms with E-state index in [1.807, 2.05) is 49.4 Å². The van der Waals surface area contributed by atoms with E-state index >= 15 is 0 Å². The highest BCUT2D eigenvalue weighted by molar-refractivity contribution is 7.10. The highest BCUT2D eigenvalue weighted by atomic mass is 35.5. The largest absolute Gasteiger partial charge is 0.477 e. The van der Waals surface area contributed by atoms with E-state index < -0.39 is 11.9 Å². The summed E-state index contributed by atoms with van der Waals surface area (Å²) >= 11 is 7.64. The number of halogens is 1. The minimum Gasteiger partial charge on any atom is -0.477 e. The lowest BCUT2D eigenvalue weighted by atomic mass is 9.99. The van der Waals surface area contributed by atoms with Crippen molar-refractivity contribution in [1.29, 1.82) is 0 Å². The molecule has 0 aliphatic carbocycles. The highest BCUT2D eigenvalue weighted by Crippen LogP contribution is 2.25. The second-order valence-corrected chi connectivity index (χ2v) is 9.18. The molecule has 0 spiro atoms. The lowest BCUT2D eigenvalue weighted by Crippen LogP contribution is -2.28. The van der Waals surface area contributed by atoms with Gasteiger partial charge in [0, 0.05) is 10.4 Å². The first-order chi connectivity index (χ1) is 16.8. The summed E-state index contributed by atoms with van der Waals surface area (Å²) in [6, 6.07) is 21.4. The summed E-state index contributed by atoms with van der Waals surface area (Å²) in [5, 5.41) is 18.7. The molecule has 0 aliphatic rings. The molecule has 2 amide bonds. The molecule has 0 radical (unpaired) electrons. The molecule has 176 valence electrons. The van der Waals surface area contributed by atoms with Gasteiger partial charge in [0.15, 0.2) is 0 Å². The first kappa shape index (κ1) is 24.2. The molecule has 4 rings (SSSR count). The number of benzene rings is 3. The molecule has 3 N–H and O–H groups in total. The number of aliphatic carboxylic acids is 1. The zero-order valence-corrected chi connectivity index (χ0v) is 20.2. The van der Waals surface area contributed by atoms with Crippen LogP contribution in [0.15, 0.2) is 83.9 Å². The number of carbonyl (C=O) groups is 3. The van der Waals surface area contributed by atoms with Gasteiger partial charge in [0.2, 0.25) is 0 Å². The molecule has 6 nitrogen and oxygen atoms in total. The Morgan fingerprint density at radius 2 is 1.74 bits per heavy atom. The van der Waals surface area contributed by atoms with Gasteiger partial charge in [0.1, 0.15) is 5.70 Å².